The van der Waals surface area contributed by atoms with E-state index in [0.29, 0.717) is 17.7 Å². The van der Waals surface area contributed by atoms with Crippen molar-refractivity contribution in [3.8, 4) is 0 Å². The van der Waals surface area contributed by atoms with Crippen LogP contribution < -0.4 is 5.73 Å². The van der Waals surface area contributed by atoms with Gasteiger partial charge in [-0.05, 0) is 17.7 Å². The van der Waals surface area contributed by atoms with Crippen molar-refractivity contribution in [2.45, 2.75) is 6.42 Å². The van der Waals surface area contributed by atoms with E-state index < -0.39 is 0 Å². The van der Waals surface area contributed by atoms with Gasteiger partial charge in [-0.15, -0.1) is 0 Å². The number of Topliss-reactive ketones (excluding diaryl/α,β-unsaturated/α-hetero) is 1. The van der Waals surface area contributed by atoms with Crippen molar-refractivity contribution in [3.05, 3.63) is 47.8 Å². The average Bonchev–Trinajstić information content (AvgIpc) is 2.64. The Kier molecular flexibility index (Phi) is 2.72. The number of ketones is 1. The molecule has 0 radical (unpaired) electrons. The van der Waals surface area contributed by atoms with Gasteiger partial charge in [0, 0.05) is 30.9 Å². The first-order chi connectivity index (χ1) is 7.66. The zero-order chi connectivity index (χ0) is 11.5. The van der Waals surface area contributed by atoms with Crippen LogP contribution in [0.2, 0.25) is 0 Å². The fourth-order valence-corrected chi connectivity index (χ4v) is 1.59. The van der Waals surface area contributed by atoms with Crippen LogP contribution in [0.25, 0.3) is 0 Å². The summed E-state index contributed by atoms with van der Waals surface area (Å²) in [6.07, 6.45) is 3.86. The molecule has 0 aliphatic carbocycles. The third-order valence-electron chi connectivity index (χ3n) is 2.38. The Balaban J connectivity index is 2.18. The van der Waals surface area contributed by atoms with E-state index in [0.717, 1.165) is 5.56 Å². The topological polar surface area (TPSA) is 60.9 Å². The number of carbonyl (C=O) groups is 1. The lowest BCUT2D eigenvalue weighted by Gasteiger charge is -2.02. The smallest absolute Gasteiger partial charge is 0.169 e. The van der Waals surface area contributed by atoms with E-state index in [1.807, 2.05) is 25.4 Å². The van der Waals surface area contributed by atoms with Crippen molar-refractivity contribution in [2.75, 3.05) is 5.73 Å². The fourth-order valence-electron chi connectivity index (χ4n) is 1.59. The minimum absolute atomic E-state index is 0.0195. The molecule has 0 saturated carbocycles. The number of aromatic nitrogens is 2. The molecule has 1 aromatic heterocycles. The van der Waals surface area contributed by atoms with Gasteiger partial charge in [0.1, 0.15) is 0 Å². The molecule has 0 bridgehead atoms. The summed E-state index contributed by atoms with van der Waals surface area (Å²) >= 11 is 0. The molecule has 16 heavy (non-hydrogen) atoms. The van der Waals surface area contributed by atoms with E-state index in [9.17, 15) is 4.79 Å². The van der Waals surface area contributed by atoms with Gasteiger partial charge in [0.2, 0.25) is 0 Å². The molecule has 0 amide bonds. The molecule has 0 aliphatic heterocycles. The van der Waals surface area contributed by atoms with Crippen molar-refractivity contribution in [1.29, 1.82) is 0 Å². The SMILES string of the molecule is Cn1cc(CC(=O)c2ccccc2N)cn1. The Bertz CT molecular complexity index is 516. The standard InChI is InChI=1S/C12H13N3O/c1-15-8-9(7-14-15)6-12(16)10-4-2-3-5-11(10)13/h2-5,7-8H,6,13H2,1H3. The van der Waals surface area contributed by atoms with Gasteiger partial charge in [0.25, 0.3) is 0 Å². The molecule has 2 rings (SSSR count). The van der Waals surface area contributed by atoms with Crippen molar-refractivity contribution >= 4 is 11.5 Å². The molecule has 0 spiro atoms. The Morgan fingerprint density at radius 3 is 2.81 bits per heavy atom. The minimum Gasteiger partial charge on any atom is -0.398 e. The summed E-state index contributed by atoms with van der Waals surface area (Å²) in [5.74, 6) is 0.0195. The second-order valence-electron chi connectivity index (χ2n) is 3.71. The molecule has 4 heteroatoms. The molecule has 1 heterocycles. The summed E-state index contributed by atoms with van der Waals surface area (Å²) < 4.78 is 1.68. The Hall–Kier alpha value is -2.10. The van der Waals surface area contributed by atoms with Crippen LogP contribution in [0.1, 0.15) is 15.9 Å². The van der Waals surface area contributed by atoms with E-state index in [1.165, 1.54) is 0 Å². The second-order valence-corrected chi connectivity index (χ2v) is 3.71. The number of benzene rings is 1. The number of hydrogen-bond acceptors (Lipinski definition) is 3. The fraction of sp³-hybridized carbons (Fsp3) is 0.167. The van der Waals surface area contributed by atoms with Gasteiger partial charge in [-0.3, -0.25) is 9.48 Å². The van der Waals surface area contributed by atoms with Crippen LogP contribution >= 0.6 is 0 Å². The molecule has 0 unspecified atom stereocenters. The summed E-state index contributed by atoms with van der Waals surface area (Å²) in [5, 5.41) is 4.02. The molecular formula is C12H13N3O. The number of nitrogens with zero attached hydrogens (tertiary/aromatic N) is 2. The maximum absolute atomic E-state index is 11.9. The Labute approximate surface area is 93.7 Å². The van der Waals surface area contributed by atoms with Crippen LogP contribution in [0, 0.1) is 0 Å². The van der Waals surface area contributed by atoms with Crippen LogP contribution in [-0.2, 0) is 13.5 Å². The number of nitrogen functional groups attached to an aromatic ring is 1. The molecule has 4 nitrogen and oxygen atoms in total. The number of anilines is 1. The molecule has 0 aliphatic rings. The number of aryl methyl sites for hydroxylation is 1. The predicted octanol–water partition coefficient (Wildman–Crippen LogP) is 1.43. The van der Waals surface area contributed by atoms with Gasteiger partial charge in [0.05, 0.1) is 6.20 Å². The highest BCUT2D eigenvalue weighted by molar-refractivity contribution is 6.01. The molecule has 1 aromatic carbocycles. The van der Waals surface area contributed by atoms with Gasteiger partial charge in [-0.25, -0.2) is 0 Å². The second kappa shape index (κ2) is 4.18. The third kappa shape index (κ3) is 2.11. The zero-order valence-electron chi connectivity index (χ0n) is 9.05. The first-order valence-electron chi connectivity index (χ1n) is 5.02. The lowest BCUT2D eigenvalue weighted by molar-refractivity contribution is 0.0994. The first kappa shape index (κ1) is 10.4. The Morgan fingerprint density at radius 1 is 1.44 bits per heavy atom. The number of nitrogens with two attached hydrogens (primary N) is 1. The minimum atomic E-state index is 0.0195. The quantitative estimate of drug-likeness (QED) is 0.622. The average molecular weight is 215 g/mol. The number of rotatable bonds is 3. The summed E-state index contributed by atoms with van der Waals surface area (Å²) in [5.41, 5.74) is 7.74. The third-order valence-corrected chi connectivity index (χ3v) is 2.38. The highest BCUT2D eigenvalue weighted by Gasteiger charge is 2.10. The largest absolute Gasteiger partial charge is 0.398 e. The predicted molar refractivity (Wildman–Crippen MR) is 62.1 cm³/mol. The van der Waals surface area contributed by atoms with Gasteiger partial charge < -0.3 is 5.73 Å². The number of carbonyl (C=O) groups excluding carboxylic acids is 1. The molecule has 82 valence electrons. The summed E-state index contributed by atoms with van der Waals surface area (Å²) in [7, 11) is 1.82. The molecule has 0 fully saturated rings. The van der Waals surface area contributed by atoms with Crippen molar-refractivity contribution in [3.63, 3.8) is 0 Å². The van der Waals surface area contributed by atoms with E-state index in [-0.39, 0.29) is 5.78 Å². The highest BCUT2D eigenvalue weighted by atomic mass is 16.1. The van der Waals surface area contributed by atoms with Crippen LogP contribution in [0.5, 0.6) is 0 Å². The van der Waals surface area contributed by atoms with Crippen LogP contribution in [0.4, 0.5) is 5.69 Å². The molecule has 0 atom stereocenters. The van der Waals surface area contributed by atoms with E-state index in [1.54, 1.807) is 23.0 Å². The highest BCUT2D eigenvalue weighted by Crippen LogP contribution is 2.13. The first-order valence-corrected chi connectivity index (χ1v) is 5.02. The maximum Gasteiger partial charge on any atom is 0.169 e. The molecule has 0 saturated heterocycles. The van der Waals surface area contributed by atoms with Crippen molar-refractivity contribution in [2.24, 2.45) is 7.05 Å². The molecule has 2 aromatic rings. The monoisotopic (exact) mass is 215 g/mol. The maximum atomic E-state index is 11.9. The number of para-hydroxylation sites is 1. The van der Waals surface area contributed by atoms with E-state index in [4.69, 9.17) is 5.73 Å². The van der Waals surface area contributed by atoms with Crippen molar-refractivity contribution < 1.29 is 4.79 Å². The summed E-state index contributed by atoms with van der Waals surface area (Å²) in [4.78, 5) is 11.9. The van der Waals surface area contributed by atoms with Crippen LogP contribution in [0.3, 0.4) is 0 Å². The van der Waals surface area contributed by atoms with Crippen LogP contribution in [0.15, 0.2) is 36.7 Å². The van der Waals surface area contributed by atoms with Gasteiger partial charge in [-0.2, -0.15) is 5.10 Å². The van der Waals surface area contributed by atoms with Gasteiger partial charge in [-0.1, -0.05) is 12.1 Å². The van der Waals surface area contributed by atoms with Gasteiger partial charge >= 0.3 is 0 Å². The van der Waals surface area contributed by atoms with Crippen LogP contribution in [-0.4, -0.2) is 15.6 Å². The lowest BCUT2D eigenvalue weighted by Crippen LogP contribution is -2.06. The number of hydrogen-bond donors (Lipinski definition) is 1. The van der Waals surface area contributed by atoms with Gasteiger partial charge in [0.15, 0.2) is 5.78 Å². The Morgan fingerprint density at radius 2 is 2.19 bits per heavy atom. The normalized spacial score (nSPS) is 10.3. The van der Waals surface area contributed by atoms with E-state index >= 15 is 0 Å². The molecular weight excluding hydrogens is 202 g/mol. The van der Waals surface area contributed by atoms with Crippen molar-refractivity contribution in [1.82, 2.24) is 9.78 Å². The molecule has 2 N–H and O–H groups in total. The lowest BCUT2D eigenvalue weighted by atomic mass is 10.0. The zero-order valence-corrected chi connectivity index (χ0v) is 9.05. The summed E-state index contributed by atoms with van der Waals surface area (Å²) in [6.45, 7) is 0. The van der Waals surface area contributed by atoms with E-state index in [2.05, 4.69) is 5.10 Å². The summed E-state index contributed by atoms with van der Waals surface area (Å²) in [6, 6.07) is 7.10.